The second-order valence-electron chi connectivity index (χ2n) is 5.01. The molecule has 1 aromatic carbocycles. The van der Waals surface area contributed by atoms with Gasteiger partial charge >= 0.3 is 6.18 Å². The lowest BCUT2D eigenvalue weighted by molar-refractivity contribution is -0.138. The molecule has 21 heavy (non-hydrogen) atoms. The van der Waals surface area contributed by atoms with Crippen LogP contribution in [0.5, 0.6) is 0 Å². The van der Waals surface area contributed by atoms with Crippen LogP contribution in [0.3, 0.4) is 0 Å². The molecule has 0 saturated heterocycles. The number of alkyl halides is 3. The molecule has 2 rings (SSSR count). The van der Waals surface area contributed by atoms with E-state index in [-0.39, 0.29) is 18.7 Å². The van der Waals surface area contributed by atoms with E-state index in [9.17, 15) is 18.3 Å². The van der Waals surface area contributed by atoms with Gasteiger partial charge in [0, 0.05) is 18.0 Å². The number of nitrogens with one attached hydrogen (secondary N) is 1. The SMILES string of the molecule is CC(O)(CNCc1ccccc1C(F)(F)F)c1cccs1. The summed E-state index contributed by atoms with van der Waals surface area (Å²) in [5.74, 6) is 0. The molecule has 1 atom stereocenters. The topological polar surface area (TPSA) is 32.3 Å². The number of benzene rings is 1. The molecular formula is C15H16F3NOS. The summed E-state index contributed by atoms with van der Waals surface area (Å²) >= 11 is 1.41. The fourth-order valence-corrected chi connectivity index (χ4v) is 2.85. The van der Waals surface area contributed by atoms with Gasteiger partial charge in [-0.25, -0.2) is 0 Å². The minimum Gasteiger partial charge on any atom is -0.383 e. The van der Waals surface area contributed by atoms with E-state index in [2.05, 4.69) is 5.32 Å². The van der Waals surface area contributed by atoms with Crippen LogP contribution in [0.15, 0.2) is 41.8 Å². The average molecular weight is 315 g/mol. The highest BCUT2D eigenvalue weighted by atomic mass is 32.1. The van der Waals surface area contributed by atoms with Crippen molar-refractivity contribution >= 4 is 11.3 Å². The molecule has 0 aliphatic heterocycles. The highest BCUT2D eigenvalue weighted by Crippen LogP contribution is 2.32. The number of rotatable bonds is 5. The number of aliphatic hydroxyl groups is 1. The zero-order valence-corrected chi connectivity index (χ0v) is 12.3. The van der Waals surface area contributed by atoms with Gasteiger partial charge in [-0.2, -0.15) is 13.2 Å². The lowest BCUT2D eigenvalue weighted by Crippen LogP contribution is -2.34. The Bertz CT molecular complexity index is 579. The Hall–Kier alpha value is -1.37. The third kappa shape index (κ3) is 4.06. The fourth-order valence-electron chi connectivity index (χ4n) is 2.06. The van der Waals surface area contributed by atoms with Crippen LogP contribution in [-0.2, 0) is 18.3 Å². The van der Waals surface area contributed by atoms with Crippen LogP contribution in [-0.4, -0.2) is 11.7 Å². The summed E-state index contributed by atoms with van der Waals surface area (Å²) in [4.78, 5) is 0.777. The highest BCUT2D eigenvalue weighted by molar-refractivity contribution is 7.10. The number of halogens is 3. The lowest BCUT2D eigenvalue weighted by atomic mass is 10.0. The Morgan fingerprint density at radius 1 is 1.14 bits per heavy atom. The van der Waals surface area contributed by atoms with E-state index in [0.29, 0.717) is 0 Å². The van der Waals surface area contributed by atoms with Crippen LogP contribution < -0.4 is 5.32 Å². The van der Waals surface area contributed by atoms with Gasteiger partial charge in [-0.3, -0.25) is 0 Å². The zero-order valence-electron chi connectivity index (χ0n) is 11.4. The van der Waals surface area contributed by atoms with Crippen LogP contribution in [0.25, 0.3) is 0 Å². The molecule has 6 heteroatoms. The predicted molar refractivity (Wildman–Crippen MR) is 77.0 cm³/mol. The lowest BCUT2D eigenvalue weighted by Gasteiger charge is -2.23. The molecule has 114 valence electrons. The van der Waals surface area contributed by atoms with Crippen LogP contribution in [0.4, 0.5) is 13.2 Å². The van der Waals surface area contributed by atoms with E-state index in [4.69, 9.17) is 0 Å². The summed E-state index contributed by atoms with van der Waals surface area (Å²) in [5, 5.41) is 15.1. The second-order valence-corrected chi connectivity index (χ2v) is 5.96. The molecule has 1 aromatic heterocycles. The first-order valence-electron chi connectivity index (χ1n) is 6.43. The molecule has 2 nitrogen and oxygen atoms in total. The van der Waals surface area contributed by atoms with Gasteiger partial charge in [-0.15, -0.1) is 11.3 Å². The van der Waals surface area contributed by atoms with Gasteiger partial charge in [-0.1, -0.05) is 24.3 Å². The van der Waals surface area contributed by atoms with Crippen molar-refractivity contribution in [2.45, 2.75) is 25.2 Å². The van der Waals surface area contributed by atoms with Crippen molar-refractivity contribution in [3.63, 3.8) is 0 Å². The first kappa shape index (κ1) is 16.0. The molecule has 1 heterocycles. The molecular weight excluding hydrogens is 299 g/mol. The molecule has 0 aliphatic rings. The van der Waals surface area contributed by atoms with E-state index < -0.39 is 17.3 Å². The Labute approximate surface area is 125 Å². The third-order valence-electron chi connectivity index (χ3n) is 3.16. The van der Waals surface area contributed by atoms with E-state index in [1.807, 2.05) is 11.4 Å². The Morgan fingerprint density at radius 3 is 2.48 bits per heavy atom. The van der Waals surface area contributed by atoms with Crippen LogP contribution in [0.1, 0.15) is 22.9 Å². The predicted octanol–water partition coefficient (Wildman–Crippen LogP) is 3.76. The maximum atomic E-state index is 12.9. The summed E-state index contributed by atoms with van der Waals surface area (Å²) < 4.78 is 38.6. The Kier molecular flexibility index (Phi) is 4.70. The largest absolute Gasteiger partial charge is 0.416 e. The van der Waals surface area contributed by atoms with Gasteiger partial charge in [-0.05, 0) is 30.0 Å². The molecule has 2 N–H and O–H groups in total. The highest BCUT2D eigenvalue weighted by Gasteiger charge is 2.33. The van der Waals surface area contributed by atoms with Crippen molar-refractivity contribution < 1.29 is 18.3 Å². The molecule has 0 aliphatic carbocycles. The third-order valence-corrected chi connectivity index (χ3v) is 4.28. The number of hydrogen-bond donors (Lipinski definition) is 2. The minimum absolute atomic E-state index is 0.0528. The molecule has 0 bridgehead atoms. The average Bonchev–Trinajstić information content (AvgIpc) is 2.92. The normalized spacial score (nSPS) is 14.9. The minimum atomic E-state index is -4.37. The number of thiophene rings is 1. The maximum absolute atomic E-state index is 12.9. The summed E-state index contributed by atoms with van der Waals surface area (Å²) in [6, 6.07) is 9.07. The zero-order chi connectivity index (χ0) is 15.5. The Morgan fingerprint density at radius 2 is 1.86 bits per heavy atom. The van der Waals surface area contributed by atoms with E-state index in [0.717, 1.165) is 10.9 Å². The van der Waals surface area contributed by atoms with Crippen molar-refractivity contribution in [1.29, 1.82) is 0 Å². The first-order valence-corrected chi connectivity index (χ1v) is 7.31. The van der Waals surface area contributed by atoms with Gasteiger partial charge in [0.2, 0.25) is 0 Å². The standard InChI is InChI=1S/C15H16F3NOS/c1-14(20,13-7-4-8-21-13)10-19-9-11-5-2-3-6-12(11)15(16,17)18/h2-8,19-20H,9-10H2,1H3. The van der Waals surface area contributed by atoms with E-state index >= 15 is 0 Å². The smallest absolute Gasteiger partial charge is 0.383 e. The molecule has 1 unspecified atom stereocenters. The van der Waals surface area contributed by atoms with Crippen LogP contribution in [0, 0.1) is 0 Å². The maximum Gasteiger partial charge on any atom is 0.416 e. The summed E-state index contributed by atoms with van der Waals surface area (Å²) in [5.41, 5.74) is -1.57. The van der Waals surface area contributed by atoms with Gasteiger partial charge in [0.05, 0.1) is 5.56 Å². The van der Waals surface area contributed by atoms with E-state index in [1.54, 1.807) is 19.1 Å². The number of hydrogen-bond acceptors (Lipinski definition) is 3. The molecule has 0 saturated carbocycles. The summed E-state index contributed by atoms with van der Waals surface area (Å²) in [7, 11) is 0. The van der Waals surface area contributed by atoms with Crippen molar-refractivity contribution in [2.24, 2.45) is 0 Å². The Balaban J connectivity index is 2.02. The van der Waals surface area contributed by atoms with Crippen molar-refractivity contribution in [3.05, 3.63) is 57.8 Å². The summed E-state index contributed by atoms with van der Waals surface area (Å²) in [6.45, 7) is 1.87. The molecule has 2 aromatic rings. The quantitative estimate of drug-likeness (QED) is 0.880. The van der Waals surface area contributed by atoms with Crippen LogP contribution in [0.2, 0.25) is 0 Å². The second kappa shape index (κ2) is 6.17. The van der Waals surface area contributed by atoms with Gasteiger partial charge in [0.25, 0.3) is 0 Å². The fraction of sp³-hybridized carbons (Fsp3) is 0.333. The van der Waals surface area contributed by atoms with Crippen molar-refractivity contribution in [3.8, 4) is 0 Å². The van der Waals surface area contributed by atoms with Gasteiger partial charge in [0.15, 0.2) is 0 Å². The molecule has 0 fully saturated rings. The van der Waals surface area contributed by atoms with Gasteiger partial charge < -0.3 is 10.4 Å². The molecule has 0 amide bonds. The molecule has 0 spiro atoms. The van der Waals surface area contributed by atoms with Crippen LogP contribution >= 0.6 is 11.3 Å². The van der Waals surface area contributed by atoms with Crippen molar-refractivity contribution in [1.82, 2.24) is 5.32 Å². The van der Waals surface area contributed by atoms with E-state index in [1.165, 1.54) is 23.5 Å². The van der Waals surface area contributed by atoms with Gasteiger partial charge in [0.1, 0.15) is 5.60 Å². The summed E-state index contributed by atoms with van der Waals surface area (Å²) in [6.07, 6.45) is -4.37. The van der Waals surface area contributed by atoms with Crippen molar-refractivity contribution in [2.75, 3.05) is 6.54 Å². The monoisotopic (exact) mass is 315 g/mol. The first-order chi connectivity index (χ1) is 9.81. The molecule has 0 radical (unpaired) electrons.